The molecule has 1 aromatic rings. The molecule has 2 fully saturated rings. The number of methoxy groups -OCH3 is 2. The summed E-state index contributed by atoms with van der Waals surface area (Å²) in [4.78, 5) is 17.3. The lowest BCUT2D eigenvalue weighted by Crippen LogP contribution is -2.51. The van der Waals surface area contributed by atoms with Crippen LogP contribution in [0, 0.1) is 18.8 Å². The van der Waals surface area contributed by atoms with Gasteiger partial charge in [-0.05, 0) is 48.4 Å². The number of rotatable bonds is 7. The van der Waals surface area contributed by atoms with Crippen LogP contribution in [-0.2, 0) is 11.3 Å². The lowest BCUT2D eigenvalue weighted by atomic mass is 9.78. The van der Waals surface area contributed by atoms with E-state index in [1.54, 1.807) is 14.2 Å². The third-order valence-electron chi connectivity index (χ3n) is 7.12. The molecule has 0 spiro atoms. The van der Waals surface area contributed by atoms with Crippen molar-refractivity contribution in [1.82, 2.24) is 15.1 Å². The number of benzene rings is 1. The predicted octanol–water partition coefficient (Wildman–Crippen LogP) is 3.07. The average Bonchev–Trinajstić information content (AvgIpc) is 2.74. The van der Waals surface area contributed by atoms with Gasteiger partial charge >= 0.3 is 0 Å². The molecule has 6 nitrogen and oxygen atoms in total. The molecule has 168 valence electrons. The van der Waals surface area contributed by atoms with E-state index >= 15 is 0 Å². The molecule has 1 saturated heterocycles. The van der Waals surface area contributed by atoms with E-state index in [9.17, 15) is 4.79 Å². The summed E-state index contributed by atoms with van der Waals surface area (Å²) >= 11 is 0. The molecule has 0 bridgehead atoms. The highest BCUT2D eigenvalue weighted by Crippen LogP contribution is 2.31. The van der Waals surface area contributed by atoms with E-state index in [0.717, 1.165) is 50.6 Å². The molecule has 2 aliphatic rings. The normalized spacial score (nSPS) is 25.7. The van der Waals surface area contributed by atoms with Gasteiger partial charge in [0.2, 0.25) is 5.91 Å². The number of amides is 1. The Balaban J connectivity index is 1.46. The second kappa shape index (κ2) is 10.5. The van der Waals surface area contributed by atoms with Crippen LogP contribution in [0.5, 0.6) is 11.5 Å². The Hall–Kier alpha value is -1.79. The molecule has 3 atom stereocenters. The van der Waals surface area contributed by atoms with E-state index in [1.807, 2.05) is 6.07 Å². The van der Waals surface area contributed by atoms with Crippen molar-refractivity contribution in [2.75, 3.05) is 46.9 Å². The molecule has 3 rings (SSSR count). The molecule has 30 heavy (non-hydrogen) atoms. The Morgan fingerprint density at radius 1 is 1.03 bits per heavy atom. The SMILES string of the molecule is COc1cc(C)c(CN2CCN(CC(=O)N[C@H]3CCC[C@@H](C)[C@@H]3C)CC2)cc1OC. The van der Waals surface area contributed by atoms with Crippen LogP contribution < -0.4 is 14.8 Å². The summed E-state index contributed by atoms with van der Waals surface area (Å²) in [6.45, 7) is 11.9. The smallest absolute Gasteiger partial charge is 0.234 e. The maximum absolute atomic E-state index is 12.6. The van der Waals surface area contributed by atoms with Gasteiger partial charge in [-0.2, -0.15) is 0 Å². The topological polar surface area (TPSA) is 54.0 Å². The number of carbonyl (C=O) groups is 1. The van der Waals surface area contributed by atoms with Crippen molar-refractivity contribution < 1.29 is 14.3 Å². The fraction of sp³-hybridized carbons (Fsp3) is 0.708. The van der Waals surface area contributed by atoms with Crippen LogP contribution in [0.15, 0.2) is 12.1 Å². The van der Waals surface area contributed by atoms with Crippen LogP contribution in [0.3, 0.4) is 0 Å². The summed E-state index contributed by atoms with van der Waals surface area (Å²) in [6.07, 6.45) is 3.63. The van der Waals surface area contributed by atoms with Gasteiger partial charge in [-0.1, -0.05) is 26.7 Å². The zero-order chi connectivity index (χ0) is 21.7. The van der Waals surface area contributed by atoms with Crippen molar-refractivity contribution in [3.05, 3.63) is 23.3 Å². The second-order valence-corrected chi connectivity index (χ2v) is 9.13. The highest BCUT2D eigenvalue weighted by molar-refractivity contribution is 5.78. The van der Waals surface area contributed by atoms with Crippen molar-refractivity contribution in [1.29, 1.82) is 0 Å². The largest absolute Gasteiger partial charge is 0.493 e. The van der Waals surface area contributed by atoms with E-state index in [2.05, 4.69) is 42.0 Å². The molecule has 1 aliphatic heterocycles. The van der Waals surface area contributed by atoms with Gasteiger partial charge in [0.1, 0.15) is 0 Å². The number of hydrogen-bond acceptors (Lipinski definition) is 5. The van der Waals surface area contributed by atoms with Gasteiger partial charge in [-0.25, -0.2) is 0 Å². The molecule has 0 unspecified atom stereocenters. The van der Waals surface area contributed by atoms with Crippen LogP contribution in [0.1, 0.15) is 44.2 Å². The molecule has 1 aromatic carbocycles. The quantitative estimate of drug-likeness (QED) is 0.739. The number of nitrogens with one attached hydrogen (secondary N) is 1. The number of hydrogen-bond donors (Lipinski definition) is 1. The second-order valence-electron chi connectivity index (χ2n) is 9.13. The molecule has 1 aliphatic carbocycles. The monoisotopic (exact) mass is 417 g/mol. The van der Waals surface area contributed by atoms with E-state index in [1.165, 1.54) is 24.0 Å². The number of aryl methyl sites for hydroxylation is 1. The lowest BCUT2D eigenvalue weighted by Gasteiger charge is -2.37. The predicted molar refractivity (Wildman–Crippen MR) is 120 cm³/mol. The zero-order valence-corrected chi connectivity index (χ0v) is 19.4. The highest BCUT2D eigenvalue weighted by atomic mass is 16.5. The zero-order valence-electron chi connectivity index (χ0n) is 19.4. The van der Waals surface area contributed by atoms with Gasteiger partial charge in [0.05, 0.1) is 20.8 Å². The highest BCUT2D eigenvalue weighted by Gasteiger charge is 2.29. The number of nitrogens with zero attached hydrogens (tertiary/aromatic N) is 2. The van der Waals surface area contributed by atoms with Crippen molar-refractivity contribution in [2.45, 2.75) is 52.6 Å². The van der Waals surface area contributed by atoms with Crippen molar-refractivity contribution in [2.24, 2.45) is 11.8 Å². The first-order valence-electron chi connectivity index (χ1n) is 11.4. The van der Waals surface area contributed by atoms with Gasteiger partial charge in [0.15, 0.2) is 11.5 Å². The molecule has 0 aromatic heterocycles. The lowest BCUT2D eigenvalue weighted by molar-refractivity contribution is -0.124. The van der Waals surface area contributed by atoms with Gasteiger partial charge in [-0.3, -0.25) is 14.6 Å². The molecular formula is C24H39N3O3. The average molecular weight is 418 g/mol. The molecule has 1 heterocycles. The van der Waals surface area contributed by atoms with Gasteiger partial charge in [-0.15, -0.1) is 0 Å². The van der Waals surface area contributed by atoms with E-state index in [0.29, 0.717) is 24.4 Å². The minimum absolute atomic E-state index is 0.185. The summed E-state index contributed by atoms with van der Waals surface area (Å²) in [7, 11) is 3.34. The van der Waals surface area contributed by atoms with Gasteiger partial charge < -0.3 is 14.8 Å². The van der Waals surface area contributed by atoms with Crippen LogP contribution in [-0.4, -0.2) is 68.7 Å². The maximum Gasteiger partial charge on any atom is 0.234 e. The van der Waals surface area contributed by atoms with E-state index in [-0.39, 0.29) is 5.91 Å². The molecule has 6 heteroatoms. The number of carbonyl (C=O) groups excluding carboxylic acids is 1. The Morgan fingerprint density at radius 2 is 1.67 bits per heavy atom. The summed E-state index contributed by atoms with van der Waals surface area (Å²) in [5, 5.41) is 3.31. The Labute approximate surface area is 181 Å². The van der Waals surface area contributed by atoms with Gasteiger partial charge in [0.25, 0.3) is 0 Å². The first-order valence-corrected chi connectivity index (χ1v) is 11.4. The number of ether oxygens (including phenoxy) is 2. The summed E-state index contributed by atoms with van der Waals surface area (Å²) < 4.78 is 10.9. The summed E-state index contributed by atoms with van der Waals surface area (Å²) in [5.74, 6) is 3.01. The van der Waals surface area contributed by atoms with Crippen molar-refractivity contribution >= 4 is 5.91 Å². The maximum atomic E-state index is 12.6. The standard InChI is InChI=1S/C24H39N3O3/c1-17-7-6-8-21(19(17)3)25-24(28)16-27-11-9-26(10-12-27)15-20-14-23(30-5)22(29-4)13-18(20)2/h13-14,17,19,21H,6-12,15-16H2,1-5H3,(H,25,28)/t17-,19+,21+/m1/s1. The Bertz CT molecular complexity index is 716. The van der Waals surface area contributed by atoms with Crippen molar-refractivity contribution in [3.8, 4) is 11.5 Å². The number of piperazine rings is 1. The van der Waals surface area contributed by atoms with Crippen LogP contribution in [0.2, 0.25) is 0 Å². The fourth-order valence-corrected chi connectivity index (χ4v) is 4.78. The third-order valence-corrected chi connectivity index (χ3v) is 7.12. The Morgan fingerprint density at radius 3 is 2.33 bits per heavy atom. The van der Waals surface area contributed by atoms with E-state index < -0.39 is 0 Å². The molecule has 1 amide bonds. The van der Waals surface area contributed by atoms with E-state index in [4.69, 9.17) is 9.47 Å². The third kappa shape index (κ3) is 5.67. The minimum Gasteiger partial charge on any atom is -0.493 e. The van der Waals surface area contributed by atoms with Crippen LogP contribution >= 0.6 is 0 Å². The first kappa shape index (κ1) is 22.9. The van der Waals surface area contributed by atoms with Crippen LogP contribution in [0.4, 0.5) is 0 Å². The molecule has 0 radical (unpaired) electrons. The summed E-state index contributed by atoms with van der Waals surface area (Å²) in [6, 6.07) is 4.47. The van der Waals surface area contributed by atoms with Crippen molar-refractivity contribution in [3.63, 3.8) is 0 Å². The molecule has 1 N–H and O–H groups in total. The molecular weight excluding hydrogens is 378 g/mol. The Kier molecular flexibility index (Phi) is 8.00. The first-order chi connectivity index (χ1) is 14.4. The fourth-order valence-electron chi connectivity index (χ4n) is 4.78. The summed E-state index contributed by atoms with van der Waals surface area (Å²) in [5.41, 5.74) is 2.48. The van der Waals surface area contributed by atoms with Gasteiger partial charge in [0, 0.05) is 38.8 Å². The minimum atomic E-state index is 0.185. The van der Waals surface area contributed by atoms with Crippen LogP contribution in [0.25, 0.3) is 0 Å². The molecule has 1 saturated carbocycles.